The molecular weight excluding hydrogens is 469 g/mol. The Morgan fingerprint density at radius 3 is 2.71 bits per heavy atom. The molecule has 1 aromatic heterocycles. The Balaban J connectivity index is 0.00000280. The molecule has 0 aliphatic carbocycles. The molecule has 2 fully saturated rings. The highest BCUT2D eigenvalue weighted by molar-refractivity contribution is 14.0. The maximum atomic E-state index is 6.01. The van der Waals surface area contributed by atoms with E-state index < -0.39 is 0 Å². The molecule has 8 nitrogen and oxygen atoms in total. The lowest BCUT2D eigenvalue weighted by molar-refractivity contribution is 0.0376. The number of pyridine rings is 1. The van der Waals surface area contributed by atoms with Gasteiger partial charge in [0.25, 0.3) is 0 Å². The molecule has 0 unspecified atom stereocenters. The van der Waals surface area contributed by atoms with Crippen LogP contribution in [0.4, 0.5) is 5.82 Å². The third-order valence-electron chi connectivity index (χ3n) is 5.13. The van der Waals surface area contributed by atoms with Gasteiger partial charge in [-0.15, -0.1) is 24.0 Å². The summed E-state index contributed by atoms with van der Waals surface area (Å²) in [6.07, 6.45) is 2.92. The van der Waals surface area contributed by atoms with Gasteiger partial charge in [0.2, 0.25) is 0 Å². The van der Waals surface area contributed by atoms with Crippen LogP contribution in [0.3, 0.4) is 0 Å². The first-order valence-electron chi connectivity index (χ1n) is 9.93. The molecule has 158 valence electrons. The van der Waals surface area contributed by atoms with Crippen LogP contribution in [0.25, 0.3) is 0 Å². The number of aromatic nitrogens is 1. The molecule has 2 saturated heterocycles. The average molecular weight is 503 g/mol. The Kier molecular flexibility index (Phi) is 10.2. The quantitative estimate of drug-likeness (QED) is 0.244. The zero-order valence-corrected chi connectivity index (χ0v) is 19.2. The van der Waals surface area contributed by atoms with E-state index >= 15 is 0 Å². The van der Waals surface area contributed by atoms with Crippen molar-refractivity contribution < 1.29 is 4.74 Å². The van der Waals surface area contributed by atoms with Crippen molar-refractivity contribution in [2.75, 3.05) is 77.5 Å². The third kappa shape index (κ3) is 7.69. The van der Waals surface area contributed by atoms with Gasteiger partial charge in [0.1, 0.15) is 5.82 Å². The Morgan fingerprint density at radius 1 is 1.21 bits per heavy atom. The molecule has 28 heavy (non-hydrogen) atoms. The van der Waals surface area contributed by atoms with Gasteiger partial charge in [0, 0.05) is 52.0 Å². The zero-order chi connectivity index (χ0) is 18.9. The van der Waals surface area contributed by atoms with Crippen LogP contribution in [0.15, 0.2) is 23.3 Å². The number of morpholine rings is 1. The lowest BCUT2D eigenvalue weighted by Gasteiger charge is -2.33. The highest BCUT2D eigenvalue weighted by atomic mass is 127. The number of guanidine groups is 1. The number of piperazine rings is 1. The number of nitrogens with two attached hydrogens (primary N) is 1. The van der Waals surface area contributed by atoms with Crippen LogP contribution in [0.2, 0.25) is 0 Å². The number of anilines is 1. The van der Waals surface area contributed by atoms with Crippen molar-refractivity contribution in [3.63, 3.8) is 0 Å². The highest BCUT2D eigenvalue weighted by Gasteiger charge is 2.15. The second-order valence-corrected chi connectivity index (χ2v) is 7.25. The molecule has 0 saturated carbocycles. The van der Waals surface area contributed by atoms with Crippen molar-refractivity contribution in [2.45, 2.75) is 13.0 Å². The minimum absolute atomic E-state index is 0. The van der Waals surface area contributed by atoms with Crippen LogP contribution >= 0.6 is 24.0 Å². The topological polar surface area (TPSA) is 82.2 Å². The molecule has 3 heterocycles. The summed E-state index contributed by atoms with van der Waals surface area (Å²) in [5, 5.41) is 3.21. The summed E-state index contributed by atoms with van der Waals surface area (Å²) in [5.41, 5.74) is 7.15. The Bertz CT molecular complexity index is 602. The van der Waals surface area contributed by atoms with Crippen LogP contribution in [0, 0.1) is 0 Å². The summed E-state index contributed by atoms with van der Waals surface area (Å²) in [7, 11) is 2.16. The number of rotatable bonds is 7. The zero-order valence-electron chi connectivity index (χ0n) is 16.8. The fourth-order valence-corrected chi connectivity index (χ4v) is 3.34. The second kappa shape index (κ2) is 12.4. The van der Waals surface area contributed by atoms with Gasteiger partial charge < -0.3 is 25.6 Å². The summed E-state index contributed by atoms with van der Waals surface area (Å²) in [4.78, 5) is 16.1. The largest absolute Gasteiger partial charge is 0.379 e. The minimum atomic E-state index is 0. The molecule has 0 spiro atoms. The van der Waals surface area contributed by atoms with Crippen LogP contribution < -0.4 is 16.0 Å². The summed E-state index contributed by atoms with van der Waals surface area (Å²) in [6, 6.07) is 4.13. The van der Waals surface area contributed by atoms with Crippen LogP contribution in [0.5, 0.6) is 0 Å². The van der Waals surface area contributed by atoms with Crippen molar-refractivity contribution in [3.05, 3.63) is 23.9 Å². The van der Waals surface area contributed by atoms with E-state index in [1.807, 2.05) is 12.3 Å². The van der Waals surface area contributed by atoms with E-state index in [0.29, 0.717) is 12.5 Å². The van der Waals surface area contributed by atoms with Crippen LogP contribution in [0.1, 0.15) is 12.0 Å². The lowest BCUT2D eigenvalue weighted by atomic mass is 10.2. The number of ether oxygens (including phenoxy) is 1. The van der Waals surface area contributed by atoms with Gasteiger partial charge >= 0.3 is 0 Å². The maximum Gasteiger partial charge on any atom is 0.188 e. The predicted octanol–water partition coefficient (Wildman–Crippen LogP) is 0.578. The molecule has 0 atom stereocenters. The van der Waals surface area contributed by atoms with Gasteiger partial charge in [-0.25, -0.2) is 9.98 Å². The number of likely N-dealkylation sites (N-methyl/N-ethyl adjacent to an activating group) is 1. The molecule has 2 aliphatic rings. The van der Waals surface area contributed by atoms with E-state index in [9.17, 15) is 0 Å². The van der Waals surface area contributed by atoms with Crippen molar-refractivity contribution in [3.8, 4) is 0 Å². The molecule has 0 bridgehead atoms. The molecule has 0 aromatic carbocycles. The first-order chi connectivity index (χ1) is 13.2. The summed E-state index contributed by atoms with van der Waals surface area (Å²) in [5.74, 6) is 1.54. The van der Waals surface area contributed by atoms with E-state index in [1.54, 1.807) is 0 Å². The number of nitrogens with zero attached hydrogens (tertiary/aromatic N) is 5. The van der Waals surface area contributed by atoms with Gasteiger partial charge in [0.15, 0.2) is 5.96 Å². The minimum Gasteiger partial charge on any atom is -0.379 e. The van der Waals surface area contributed by atoms with Crippen LogP contribution in [-0.2, 0) is 11.3 Å². The highest BCUT2D eigenvalue weighted by Crippen LogP contribution is 2.15. The van der Waals surface area contributed by atoms with Gasteiger partial charge in [-0.3, -0.25) is 4.90 Å². The van der Waals surface area contributed by atoms with Gasteiger partial charge in [-0.2, -0.15) is 0 Å². The van der Waals surface area contributed by atoms with Crippen molar-refractivity contribution in [1.82, 2.24) is 20.1 Å². The van der Waals surface area contributed by atoms with Gasteiger partial charge in [-0.1, -0.05) is 0 Å². The Hall–Kier alpha value is -1.17. The number of nitrogens with one attached hydrogen (secondary N) is 1. The Morgan fingerprint density at radius 2 is 1.96 bits per heavy atom. The number of aliphatic imine (C=N–C) groups is 1. The summed E-state index contributed by atoms with van der Waals surface area (Å²) in [6.45, 7) is 10.4. The molecular formula is C19H34IN7O. The SMILES string of the molecule is CN1CCN(c2cc(CN=C(N)NCCCN3CCOCC3)ccn2)CC1.I. The molecule has 9 heteroatoms. The first-order valence-corrected chi connectivity index (χ1v) is 9.93. The van der Waals surface area contributed by atoms with Gasteiger partial charge in [-0.05, 0) is 37.7 Å². The third-order valence-corrected chi connectivity index (χ3v) is 5.13. The standard InChI is InChI=1S/C19H33N7O.HI/c1-24-7-9-26(10-8-24)18-15-17(3-5-21-18)16-23-19(20)22-4-2-6-25-11-13-27-14-12-25;/h3,5,15H,2,4,6-14,16H2,1H3,(H3,20,22,23);1H. The average Bonchev–Trinajstić information content (AvgIpc) is 2.71. The fraction of sp³-hybridized carbons (Fsp3) is 0.684. The monoisotopic (exact) mass is 503 g/mol. The van der Waals surface area contributed by atoms with Crippen molar-refractivity contribution in [2.24, 2.45) is 10.7 Å². The van der Waals surface area contributed by atoms with E-state index in [4.69, 9.17) is 10.5 Å². The molecule has 1 aromatic rings. The fourth-order valence-electron chi connectivity index (χ4n) is 3.34. The van der Waals surface area contributed by atoms with E-state index in [2.05, 4.69) is 43.1 Å². The number of hydrogen-bond donors (Lipinski definition) is 2. The van der Waals surface area contributed by atoms with Crippen molar-refractivity contribution in [1.29, 1.82) is 0 Å². The number of hydrogen-bond acceptors (Lipinski definition) is 6. The van der Waals surface area contributed by atoms with Crippen LogP contribution in [-0.4, -0.2) is 93.4 Å². The van der Waals surface area contributed by atoms with E-state index in [0.717, 1.165) is 83.4 Å². The molecule has 0 amide bonds. The summed E-state index contributed by atoms with van der Waals surface area (Å²) < 4.78 is 5.36. The van der Waals surface area contributed by atoms with E-state index in [-0.39, 0.29) is 24.0 Å². The molecule has 2 aliphatic heterocycles. The van der Waals surface area contributed by atoms with E-state index in [1.165, 1.54) is 0 Å². The second-order valence-electron chi connectivity index (χ2n) is 7.25. The maximum absolute atomic E-state index is 6.01. The van der Waals surface area contributed by atoms with Crippen molar-refractivity contribution >= 4 is 35.8 Å². The molecule has 3 rings (SSSR count). The smallest absolute Gasteiger partial charge is 0.188 e. The lowest BCUT2D eigenvalue weighted by Crippen LogP contribution is -2.44. The molecule has 3 N–H and O–H groups in total. The predicted molar refractivity (Wildman–Crippen MR) is 125 cm³/mol. The normalized spacial score (nSPS) is 19.3. The summed E-state index contributed by atoms with van der Waals surface area (Å²) >= 11 is 0. The van der Waals surface area contributed by atoms with Gasteiger partial charge in [0.05, 0.1) is 19.8 Å². The molecule has 0 radical (unpaired) electrons. The Labute approximate surface area is 185 Å². The first kappa shape index (κ1) is 23.1. The number of halogens is 1.